The predicted octanol–water partition coefficient (Wildman–Crippen LogP) is 3.22. The number of thiocarbonyl (C=S) groups is 1. The molecule has 0 bridgehead atoms. The lowest BCUT2D eigenvalue weighted by atomic mass is 9.94. The molecule has 0 aromatic heterocycles. The Kier molecular flexibility index (Phi) is 4.05. The summed E-state index contributed by atoms with van der Waals surface area (Å²) in [5.41, 5.74) is 6.71. The van der Waals surface area contributed by atoms with Gasteiger partial charge in [-0.2, -0.15) is 18.4 Å². The van der Waals surface area contributed by atoms with Crippen molar-refractivity contribution in [3.05, 3.63) is 58.7 Å². The molecule has 0 spiro atoms. The number of hydrogen-bond acceptors (Lipinski definition) is 4. The second-order valence-corrected chi connectivity index (χ2v) is 7.04. The number of hydrogen-bond donors (Lipinski definition) is 1. The van der Waals surface area contributed by atoms with Crippen LogP contribution in [0, 0.1) is 11.3 Å². The Morgan fingerprint density at radius 1 is 1.18 bits per heavy atom. The highest BCUT2D eigenvalue weighted by Gasteiger charge is 2.46. The molecule has 0 aliphatic carbocycles. The second kappa shape index (κ2) is 6.21. The summed E-state index contributed by atoms with van der Waals surface area (Å²) < 4.78 is 39.9. The van der Waals surface area contributed by atoms with E-state index in [2.05, 4.69) is 0 Å². The molecule has 2 N–H and O–H groups in total. The van der Waals surface area contributed by atoms with Crippen LogP contribution in [0.2, 0.25) is 0 Å². The fourth-order valence-electron chi connectivity index (χ4n) is 3.64. The third kappa shape index (κ3) is 2.77. The Morgan fingerprint density at radius 2 is 1.93 bits per heavy atom. The van der Waals surface area contributed by atoms with Crippen LogP contribution in [0.1, 0.15) is 22.3 Å². The molecule has 28 heavy (non-hydrogen) atoms. The molecule has 4 rings (SSSR count). The lowest BCUT2D eigenvalue weighted by molar-refractivity contribution is -0.137. The van der Waals surface area contributed by atoms with Crippen molar-refractivity contribution in [2.75, 3.05) is 10.6 Å². The standard InChI is InChI=1S/C19H13F3N4OS/c20-19(21,22)15-7-14(4-2-11(15)8-23)26-17(27)16-6-10-1-3-13(24)5-12(10)9-25(16)18(26)28/h1-5,7,16H,6,9,24H2. The fourth-order valence-corrected chi connectivity index (χ4v) is 4.03. The van der Waals surface area contributed by atoms with Crippen molar-refractivity contribution in [1.29, 1.82) is 5.26 Å². The maximum Gasteiger partial charge on any atom is 0.417 e. The van der Waals surface area contributed by atoms with Gasteiger partial charge >= 0.3 is 6.18 Å². The molecular formula is C19H13F3N4OS. The van der Waals surface area contributed by atoms with Crippen LogP contribution in [0.3, 0.4) is 0 Å². The normalized spacial score (nSPS) is 18.7. The van der Waals surface area contributed by atoms with Crippen LogP contribution in [0.5, 0.6) is 0 Å². The summed E-state index contributed by atoms with van der Waals surface area (Å²) in [5.74, 6) is -0.384. The number of carbonyl (C=O) groups excluding carboxylic acids is 1. The molecule has 2 aliphatic heterocycles. The van der Waals surface area contributed by atoms with Crippen molar-refractivity contribution in [2.24, 2.45) is 0 Å². The molecule has 1 saturated heterocycles. The van der Waals surface area contributed by atoms with Crippen molar-refractivity contribution in [2.45, 2.75) is 25.2 Å². The highest BCUT2D eigenvalue weighted by Crippen LogP contribution is 2.38. The van der Waals surface area contributed by atoms with Gasteiger partial charge in [-0.1, -0.05) is 6.07 Å². The zero-order valence-electron chi connectivity index (χ0n) is 14.3. The zero-order valence-corrected chi connectivity index (χ0v) is 15.1. The first kappa shape index (κ1) is 18.3. The average molecular weight is 402 g/mol. The van der Waals surface area contributed by atoms with Crippen LogP contribution < -0.4 is 10.6 Å². The first-order chi connectivity index (χ1) is 13.2. The number of fused-ring (bicyclic) bond motifs is 2. The number of nitrogen functional groups attached to an aromatic ring is 1. The highest BCUT2D eigenvalue weighted by atomic mass is 32.1. The van der Waals surface area contributed by atoms with Gasteiger partial charge in [-0.05, 0) is 53.7 Å². The number of halogens is 3. The Labute approximate surface area is 163 Å². The number of benzene rings is 2. The zero-order chi connectivity index (χ0) is 20.2. The molecule has 1 amide bonds. The van der Waals surface area contributed by atoms with Crippen molar-refractivity contribution >= 4 is 34.6 Å². The van der Waals surface area contributed by atoms with Gasteiger partial charge in [-0.25, -0.2) is 0 Å². The smallest absolute Gasteiger partial charge is 0.399 e. The number of carbonyl (C=O) groups is 1. The maximum absolute atomic E-state index is 13.3. The summed E-state index contributed by atoms with van der Waals surface area (Å²) >= 11 is 5.41. The van der Waals surface area contributed by atoms with E-state index in [4.69, 9.17) is 23.2 Å². The van der Waals surface area contributed by atoms with E-state index in [1.807, 2.05) is 12.1 Å². The Balaban J connectivity index is 1.73. The van der Waals surface area contributed by atoms with E-state index in [0.717, 1.165) is 28.2 Å². The lowest BCUT2D eigenvalue weighted by Crippen LogP contribution is -2.39. The number of amides is 1. The van der Waals surface area contributed by atoms with Crippen LogP contribution in [0.4, 0.5) is 24.5 Å². The van der Waals surface area contributed by atoms with Gasteiger partial charge in [0.05, 0.1) is 22.9 Å². The molecule has 1 atom stereocenters. The minimum absolute atomic E-state index is 0.000653. The third-order valence-corrected chi connectivity index (χ3v) is 5.41. The number of rotatable bonds is 1. The molecule has 2 aromatic carbocycles. The molecule has 1 fully saturated rings. The number of nitrogens with two attached hydrogens (primary N) is 1. The maximum atomic E-state index is 13.3. The van der Waals surface area contributed by atoms with Crippen molar-refractivity contribution < 1.29 is 18.0 Å². The van der Waals surface area contributed by atoms with E-state index in [9.17, 15) is 18.0 Å². The van der Waals surface area contributed by atoms with E-state index in [1.165, 1.54) is 12.1 Å². The first-order valence-corrected chi connectivity index (χ1v) is 8.74. The summed E-state index contributed by atoms with van der Waals surface area (Å²) in [5, 5.41) is 9.10. The molecular weight excluding hydrogens is 389 g/mol. The van der Waals surface area contributed by atoms with Gasteiger partial charge in [0, 0.05) is 18.7 Å². The Bertz CT molecular complexity index is 1060. The molecule has 2 heterocycles. The van der Waals surface area contributed by atoms with Gasteiger partial charge in [0.25, 0.3) is 5.91 Å². The summed E-state index contributed by atoms with van der Waals surface area (Å²) in [7, 11) is 0. The van der Waals surface area contributed by atoms with E-state index in [0.29, 0.717) is 18.7 Å². The number of nitrogens with zero attached hydrogens (tertiary/aromatic N) is 3. The van der Waals surface area contributed by atoms with Gasteiger partial charge < -0.3 is 10.6 Å². The quantitative estimate of drug-likeness (QED) is 0.586. The third-order valence-electron chi connectivity index (χ3n) is 4.99. The van der Waals surface area contributed by atoms with Crippen molar-refractivity contribution in [3.8, 4) is 6.07 Å². The number of nitriles is 1. The largest absolute Gasteiger partial charge is 0.417 e. The van der Waals surface area contributed by atoms with Crippen LogP contribution in [0.15, 0.2) is 36.4 Å². The molecule has 0 saturated carbocycles. The van der Waals surface area contributed by atoms with Crippen LogP contribution in [0.25, 0.3) is 0 Å². The van der Waals surface area contributed by atoms with Crippen molar-refractivity contribution in [3.63, 3.8) is 0 Å². The second-order valence-electron chi connectivity index (χ2n) is 6.67. The number of anilines is 2. The first-order valence-electron chi connectivity index (χ1n) is 8.34. The van der Waals surface area contributed by atoms with Gasteiger partial charge in [0.15, 0.2) is 5.11 Å². The minimum atomic E-state index is -4.72. The average Bonchev–Trinajstić information content (AvgIpc) is 2.89. The van der Waals surface area contributed by atoms with Gasteiger partial charge in [-0.15, -0.1) is 0 Å². The van der Waals surface area contributed by atoms with Gasteiger partial charge in [-0.3, -0.25) is 9.69 Å². The Hall–Kier alpha value is -3.12. The number of alkyl halides is 3. The minimum Gasteiger partial charge on any atom is -0.399 e. The molecule has 142 valence electrons. The molecule has 2 aromatic rings. The molecule has 1 unspecified atom stereocenters. The highest BCUT2D eigenvalue weighted by molar-refractivity contribution is 7.80. The summed E-state index contributed by atoms with van der Waals surface area (Å²) in [4.78, 5) is 15.8. The van der Waals surface area contributed by atoms with Gasteiger partial charge in [0.1, 0.15) is 6.04 Å². The van der Waals surface area contributed by atoms with Crippen LogP contribution >= 0.6 is 12.2 Å². The van der Waals surface area contributed by atoms with E-state index in [-0.39, 0.29) is 16.7 Å². The summed E-state index contributed by atoms with van der Waals surface area (Å²) in [6.45, 7) is 0.356. The molecule has 0 radical (unpaired) electrons. The predicted molar refractivity (Wildman–Crippen MR) is 100 cm³/mol. The monoisotopic (exact) mass is 402 g/mol. The topological polar surface area (TPSA) is 73.4 Å². The van der Waals surface area contributed by atoms with Crippen LogP contribution in [-0.4, -0.2) is 22.0 Å². The van der Waals surface area contributed by atoms with E-state index in [1.54, 1.807) is 11.0 Å². The summed E-state index contributed by atoms with van der Waals surface area (Å²) in [6.07, 6.45) is -4.32. The van der Waals surface area contributed by atoms with Gasteiger partial charge in [0.2, 0.25) is 0 Å². The Morgan fingerprint density at radius 3 is 2.61 bits per heavy atom. The SMILES string of the molecule is N#Cc1ccc(N2C(=O)C3Cc4ccc(N)cc4CN3C2=S)cc1C(F)(F)F. The molecule has 9 heteroatoms. The lowest BCUT2D eigenvalue weighted by Gasteiger charge is -2.30. The molecule has 2 aliphatic rings. The van der Waals surface area contributed by atoms with E-state index < -0.39 is 23.3 Å². The fraction of sp³-hybridized carbons (Fsp3) is 0.211. The van der Waals surface area contributed by atoms with Crippen molar-refractivity contribution in [1.82, 2.24) is 4.90 Å². The van der Waals surface area contributed by atoms with E-state index >= 15 is 0 Å². The molecule has 5 nitrogen and oxygen atoms in total. The van der Waals surface area contributed by atoms with Crippen LogP contribution in [-0.2, 0) is 23.9 Å². The summed E-state index contributed by atoms with van der Waals surface area (Å²) in [6, 6.07) is 9.53.